The highest BCUT2D eigenvalue weighted by Crippen LogP contribution is 2.31. The summed E-state index contributed by atoms with van der Waals surface area (Å²) in [6.45, 7) is 4.34. The Hall–Kier alpha value is -2.99. The molecule has 0 unspecified atom stereocenters. The second-order valence-electron chi connectivity index (χ2n) is 7.52. The van der Waals surface area contributed by atoms with Crippen LogP contribution in [0.4, 0.5) is 5.69 Å². The second-order valence-corrected chi connectivity index (χ2v) is 11.3. The first-order chi connectivity index (χ1) is 16.8. The molecular weight excluding hydrogens is 504 g/mol. The normalized spacial score (nSPS) is 11.7. The van der Waals surface area contributed by atoms with Gasteiger partial charge in [0.2, 0.25) is 15.9 Å². The number of fused-ring (bicyclic) bond motifs is 1. The van der Waals surface area contributed by atoms with Gasteiger partial charge in [0.15, 0.2) is 5.16 Å². The number of hydrogen-bond donors (Lipinski definition) is 2. The zero-order valence-corrected chi connectivity index (χ0v) is 21.6. The van der Waals surface area contributed by atoms with Crippen LogP contribution in [0, 0.1) is 0 Å². The molecule has 0 fully saturated rings. The Kier molecular flexibility index (Phi) is 7.70. The highest BCUT2D eigenvalue weighted by Gasteiger charge is 2.21. The van der Waals surface area contributed by atoms with E-state index in [9.17, 15) is 18.0 Å². The molecule has 0 saturated heterocycles. The van der Waals surface area contributed by atoms with Crippen molar-refractivity contribution in [3.63, 3.8) is 0 Å². The van der Waals surface area contributed by atoms with Crippen molar-refractivity contribution in [3.8, 4) is 11.1 Å². The van der Waals surface area contributed by atoms with Crippen molar-refractivity contribution in [2.75, 3.05) is 24.2 Å². The van der Waals surface area contributed by atoms with Crippen LogP contribution in [0.15, 0.2) is 74.8 Å². The van der Waals surface area contributed by atoms with E-state index in [0.29, 0.717) is 34.1 Å². The molecule has 0 spiro atoms. The molecule has 4 aromatic rings. The lowest BCUT2D eigenvalue weighted by Gasteiger charge is -2.18. The van der Waals surface area contributed by atoms with Crippen molar-refractivity contribution >= 4 is 54.9 Å². The molecule has 0 saturated carbocycles. The fourth-order valence-electron chi connectivity index (χ4n) is 3.58. The summed E-state index contributed by atoms with van der Waals surface area (Å²) in [5.41, 5.74) is 2.02. The van der Waals surface area contributed by atoms with Crippen molar-refractivity contribution < 1.29 is 13.2 Å². The molecular formula is C24H24N4O4S3. The number of nitrogens with one attached hydrogen (secondary N) is 2. The molecule has 2 aromatic carbocycles. The lowest BCUT2D eigenvalue weighted by molar-refractivity contribution is -0.113. The van der Waals surface area contributed by atoms with Crippen molar-refractivity contribution in [1.82, 2.24) is 14.3 Å². The third-order valence-corrected chi connectivity index (χ3v) is 9.14. The van der Waals surface area contributed by atoms with Crippen LogP contribution >= 0.6 is 23.1 Å². The molecule has 0 aliphatic carbocycles. The van der Waals surface area contributed by atoms with Crippen molar-refractivity contribution in [2.45, 2.75) is 23.9 Å². The molecule has 4 rings (SSSR count). The number of H-pyrrole nitrogens is 1. The standard InChI is InChI=1S/C24H24N4O4S3/c1-3-28(4-2)35(31,32)18-12-10-17(11-13-18)25-20(29)15-34-24-26-22(30)21-19(14-33-23(21)27-24)16-8-6-5-7-9-16/h5-14H,3-4,15H2,1-2H3,(H,25,29)(H,26,27,30). The highest BCUT2D eigenvalue weighted by atomic mass is 32.2. The number of thiophene rings is 1. The lowest BCUT2D eigenvalue weighted by Crippen LogP contribution is -2.30. The third-order valence-electron chi connectivity index (χ3n) is 5.33. The predicted molar refractivity (Wildman–Crippen MR) is 142 cm³/mol. The Bertz CT molecular complexity index is 1490. The molecule has 0 aliphatic rings. The first-order valence-corrected chi connectivity index (χ1v) is 14.2. The van der Waals surface area contributed by atoms with Crippen molar-refractivity contribution in [3.05, 3.63) is 70.3 Å². The van der Waals surface area contributed by atoms with Gasteiger partial charge in [-0.2, -0.15) is 4.31 Å². The summed E-state index contributed by atoms with van der Waals surface area (Å²) in [5.74, 6) is -0.265. The highest BCUT2D eigenvalue weighted by molar-refractivity contribution is 7.99. The predicted octanol–water partition coefficient (Wildman–Crippen LogP) is 4.41. The van der Waals surface area contributed by atoms with Gasteiger partial charge in [0.05, 0.1) is 16.0 Å². The maximum atomic E-state index is 12.7. The van der Waals surface area contributed by atoms with Gasteiger partial charge in [-0.3, -0.25) is 9.59 Å². The van der Waals surface area contributed by atoms with Gasteiger partial charge in [-0.25, -0.2) is 13.4 Å². The van der Waals surface area contributed by atoms with Crippen LogP contribution < -0.4 is 10.9 Å². The number of aromatic amines is 1. The third kappa shape index (κ3) is 5.48. The topological polar surface area (TPSA) is 112 Å². The summed E-state index contributed by atoms with van der Waals surface area (Å²) in [7, 11) is -3.56. The Morgan fingerprint density at radius 1 is 1.09 bits per heavy atom. The maximum absolute atomic E-state index is 12.7. The van der Waals surface area contributed by atoms with E-state index in [4.69, 9.17) is 0 Å². The molecule has 0 bridgehead atoms. The molecule has 2 heterocycles. The van der Waals surface area contributed by atoms with E-state index in [0.717, 1.165) is 22.9 Å². The van der Waals surface area contributed by atoms with Crippen LogP contribution in [-0.2, 0) is 14.8 Å². The summed E-state index contributed by atoms with van der Waals surface area (Å²) in [4.78, 5) is 33.2. The summed E-state index contributed by atoms with van der Waals surface area (Å²) < 4.78 is 26.6. The van der Waals surface area contributed by atoms with Gasteiger partial charge in [0.1, 0.15) is 4.83 Å². The monoisotopic (exact) mass is 528 g/mol. The number of thioether (sulfide) groups is 1. The number of hydrogen-bond acceptors (Lipinski definition) is 7. The van der Waals surface area contributed by atoms with Crippen LogP contribution in [-0.4, -0.2) is 47.4 Å². The number of sulfonamides is 1. The number of rotatable bonds is 9. The van der Waals surface area contributed by atoms with E-state index in [1.807, 2.05) is 35.7 Å². The summed E-state index contributed by atoms with van der Waals surface area (Å²) in [5, 5.41) is 5.55. The molecule has 35 heavy (non-hydrogen) atoms. The largest absolute Gasteiger partial charge is 0.325 e. The van der Waals surface area contributed by atoms with Crippen molar-refractivity contribution in [2.24, 2.45) is 0 Å². The zero-order valence-electron chi connectivity index (χ0n) is 19.1. The molecule has 2 aromatic heterocycles. The van der Waals surface area contributed by atoms with Gasteiger partial charge in [0.25, 0.3) is 5.56 Å². The van der Waals surface area contributed by atoms with Gasteiger partial charge in [-0.15, -0.1) is 11.3 Å². The molecule has 1 amide bonds. The zero-order chi connectivity index (χ0) is 25.0. The molecule has 0 aliphatic heterocycles. The van der Waals surface area contributed by atoms with Gasteiger partial charge >= 0.3 is 0 Å². The number of anilines is 1. The second kappa shape index (κ2) is 10.7. The Morgan fingerprint density at radius 2 is 1.77 bits per heavy atom. The lowest BCUT2D eigenvalue weighted by atomic mass is 10.1. The van der Waals surface area contributed by atoms with E-state index in [-0.39, 0.29) is 22.1 Å². The van der Waals surface area contributed by atoms with Crippen molar-refractivity contribution in [1.29, 1.82) is 0 Å². The minimum Gasteiger partial charge on any atom is -0.325 e. The van der Waals surface area contributed by atoms with Gasteiger partial charge in [-0.1, -0.05) is 55.9 Å². The number of carbonyl (C=O) groups excluding carboxylic acids is 1. The number of amides is 1. The quantitative estimate of drug-likeness (QED) is 0.246. The van der Waals surface area contributed by atoms with Crippen LogP contribution in [0.2, 0.25) is 0 Å². The van der Waals surface area contributed by atoms with E-state index in [1.165, 1.54) is 27.8 Å². The van der Waals surface area contributed by atoms with Crippen LogP contribution in [0.1, 0.15) is 13.8 Å². The fourth-order valence-corrected chi connectivity index (χ4v) is 6.71. The Morgan fingerprint density at radius 3 is 2.43 bits per heavy atom. The van der Waals surface area contributed by atoms with E-state index < -0.39 is 10.0 Å². The average molecular weight is 529 g/mol. The van der Waals surface area contributed by atoms with Gasteiger partial charge in [-0.05, 0) is 29.8 Å². The first-order valence-electron chi connectivity index (χ1n) is 10.9. The van der Waals surface area contributed by atoms with E-state index in [2.05, 4.69) is 15.3 Å². The molecule has 0 radical (unpaired) electrons. The molecule has 0 atom stereocenters. The number of carbonyl (C=O) groups is 1. The first kappa shape index (κ1) is 25.1. The van der Waals surface area contributed by atoms with Crippen LogP contribution in [0.25, 0.3) is 21.3 Å². The van der Waals surface area contributed by atoms with E-state index >= 15 is 0 Å². The van der Waals surface area contributed by atoms with Crippen LogP contribution in [0.5, 0.6) is 0 Å². The number of benzene rings is 2. The fraction of sp³-hybridized carbons (Fsp3) is 0.208. The SMILES string of the molecule is CCN(CC)S(=O)(=O)c1ccc(NC(=O)CSc2nc3scc(-c4ccccc4)c3c(=O)[nH]2)cc1. The van der Waals surface area contributed by atoms with Gasteiger partial charge < -0.3 is 10.3 Å². The molecule has 2 N–H and O–H groups in total. The Labute approximate surface area is 211 Å². The van der Waals surface area contributed by atoms with E-state index in [1.54, 1.807) is 26.0 Å². The summed E-state index contributed by atoms with van der Waals surface area (Å²) in [6, 6.07) is 15.7. The molecule has 182 valence electrons. The van der Waals surface area contributed by atoms with Gasteiger partial charge in [0, 0.05) is 29.7 Å². The summed E-state index contributed by atoms with van der Waals surface area (Å²) >= 11 is 2.51. The summed E-state index contributed by atoms with van der Waals surface area (Å²) in [6.07, 6.45) is 0. The number of nitrogens with zero attached hydrogens (tertiary/aromatic N) is 2. The average Bonchev–Trinajstić information content (AvgIpc) is 3.29. The molecule has 11 heteroatoms. The maximum Gasteiger partial charge on any atom is 0.260 e. The Balaban J connectivity index is 1.42. The number of aromatic nitrogens is 2. The smallest absolute Gasteiger partial charge is 0.260 e. The van der Waals surface area contributed by atoms with Crippen LogP contribution in [0.3, 0.4) is 0 Å². The minimum absolute atomic E-state index is 0.0326. The minimum atomic E-state index is -3.56. The molecule has 8 nitrogen and oxygen atoms in total.